The molecule has 1 aromatic rings. The molecule has 110 valence electrons. The Bertz CT molecular complexity index is 405. The largest absolute Gasteiger partial charge is 0.493 e. The third kappa shape index (κ3) is 3.82. The summed E-state index contributed by atoms with van der Waals surface area (Å²) >= 11 is 0. The van der Waals surface area contributed by atoms with E-state index in [1.54, 1.807) is 14.2 Å². The van der Waals surface area contributed by atoms with Gasteiger partial charge in [-0.3, -0.25) is 0 Å². The number of ether oxygens (including phenoxy) is 2. The molecular formula is C15H23BO4. The molecule has 0 bridgehead atoms. The molecule has 1 heterocycles. The Morgan fingerprint density at radius 1 is 1.15 bits per heavy atom. The highest BCUT2D eigenvalue weighted by molar-refractivity contribution is 6.61. The fraction of sp³-hybridized carbons (Fsp3) is 0.600. The van der Waals surface area contributed by atoms with Crippen LogP contribution in [0.3, 0.4) is 0 Å². The molecule has 1 aromatic carbocycles. The van der Waals surface area contributed by atoms with Gasteiger partial charge in [-0.15, -0.1) is 0 Å². The summed E-state index contributed by atoms with van der Waals surface area (Å²) in [7, 11) is 2.95. The van der Waals surface area contributed by atoms with E-state index in [0.717, 1.165) is 17.4 Å². The number of rotatable bonds is 6. The van der Waals surface area contributed by atoms with Crippen molar-refractivity contribution in [3.05, 3.63) is 29.8 Å². The van der Waals surface area contributed by atoms with Crippen LogP contribution >= 0.6 is 0 Å². The van der Waals surface area contributed by atoms with Crippen molar-refractivity contribution in [1.82, 2.24) is 0 Å². The molecule has 0 aliphatic carbocycles. The van der Waals surface area contributed by atoms with E-state index in [4.69, 9.17) is 18.8 Å². The minimum atomic E-state index is -0.311. The minimum Gasteiger partial charge on any atom is -0.410 e. The molecular weight excluding hydrogens is 255 g/mol. The average molecular weight is 278 g/mol. The fourth-order valence-corrected chi connectivity index (χ4v) is 2.57. The second-order valence-corrected chi connectivity index (χ2v) is 5.28. The summed E-state index contributed by atoms with van der Waals surface area (Å²) in [5.74, 6) is 0. The smallest absolute Gasteiger partial charge is 0.410 e. The van der Waals surface area contributed by atoms with Gasteiger partial charge in [0.1, 0.15) is 0 Å². The molecule has 0 unspecified atom stereocenters. The lowest BCUT2D eigenvalue weighted by Crippen LogP contribution is -2.34. The van der Waals surface area contributed by atoms with Crippen LogP contribution in [0.25, 0.3) is 0 Å². The number of hydrogen-bond acceptors (Lipinski definition) is 4. The second kappa shape index (κ2) is 7.22. The van der Waals surface area contributed by atoms with Crippen LogP contribution in [0, 0.1) is 0 Å². The third-order valence-electron chi connectivity index (χ3n) is 3.68. The van der Waals surface area contributed by atoms with Crippen LogP contribution < -0.4 is 5.46 Å². The summed E-state index contributed by atoms with van der Waals surface area (Å²) in [5.41, 5.74) is 2.15. The minimum absolute atomic E-state index is 0.177. The topological polar surface area (TPSA) is 36.9 Å². The summed E-state index contributed by atoms with van der Waals surface area (Å²) in [5, 5.41) is 0. The van der Waals surface area contributed by atoms with Crippen molar-refractivity contribution < 1.29 is 18.8 Å². The maximum atomic E-state index is 5.94. The second-order valence-electron chi connectivity index (χ2n) is 5.28. The summed E-state index contributed by atoms with van der Waals surface area (Å²) in [6.07, 6.45) is 1.63. The van der Waals surface area contributed by atoms with Crippen molar-refractivity contribution in [2.75, 3.05) is 14.2 Å². The standard InChI is InChI=1S/C15H23BO4/c1-11-9-15(12(2)20-11)19-10-13-5-7-14(8-6-13)16(17-3)18-4/h5-8,11-12,15H,9-10H2,1-4H3/t11-,12+,15+/m0/s1. The molecule has 2 rings (SSSR count). The third-order valence-corrected chi connectivity index (χ3v) is 3.68. The maximum Gasteiger partial charge on any atom is 0.493 e. The van der Waals surface area contributed by atoms with Gasteiger partial charge < -0.3 is 18.8 Å². The van der Waals surface area contributed by atoms with E-state index in [2.05, 4.69) is 13.8 Å². The average Bonchev–Trinajstić information content (AvgIpc) is 2.77. The van der Waals surface area contributed by atoms with E-state index in [1.165, 1.54) is 0 Å². The van der Waals surface area contributed by atoms with Crippen molar-refractivity contribution >= 4 is 12.6 Å². The van der Waals surface area contributed by atoms with Crippen LogP contribution in [0.5, 0.6) is 0 Å². The normalized spacial score (nSPS) is 25.9. The summed E-state index contributed by atoms with van der Waals surface area (Å²) in [6.45, 7) is 4.76. The molecule has 20 heavy (non-hydrogen) atoms. The lowest BCUT2D eigenvalue weighted by molar-refractivity contribution is -0.0172. The molecule has 4 nitrogen and oxygen atoms in total. The van der Waals surface area contributed by atoms with Gasteiger partial charge in [0, 0.05) is 20.6 Å². The van der Waals surface area contributed by atoms with Crippen molar-refractivity contribution in [3.8, 4) is 0 Å². The highest BCUT2D eigenvalue weighted by Crippen LogP contribution is 2.23. The van der Waals surface area contributed by atoms with Gasteiger partial charge in [-0.05, 0) is 24.9 Å². The van der Waals surface area contributed by atoms with Crippen molar-refractivity contribution in [1.29, 1.82) is 0 Å². The van der Waals surface area contributed by atoms with Gasteiger partial charge >= 0.3 is 7.12 Å². The first-order chi connectivity index (χ1) is 9.63. The Morgan fingerprint density at radius 2 is 1.80 bits per heavy atom. The first-order valence-corrected chi connectivity index (χ1v) is 7.05. The lowest BCUT2D eigenvalue weighted by atomic mass is 9.79. The van der Waals surface area contributed by atoms with Gasteiger partial charge in [-0.25, -0.2) is 0 Å². The van der Waals surface area contributed by atoms with Crippen molar-refractivity contribution in [2.24, 2.45) is 0 Å². The molecule has 5 heteroatoms. The van der Waals surface area contributed by atoms with Gasteiger partial charge in [0.05, 0.1) is 24.9 Å². The first kappa shape index (κ1) is 15.5. The predicted octanol–water partition coefficient (Wildman–Crippen LogP) is 1.76. The summed E-state index contributed by atoms with van der Waals surface area (Å²) in [6, 6.07) is 8.11. The van der Waals surface area contributed by atoms with E-state index >= 15 is 0 Å². The van der Waals surface area contributed by atoms with Gasteiger partial charge in [-0.1, -0.05) is 24.3 Å². The Hall–Kier alpha value is -0.875. The predicted molar refractivity (Wildman–Crippen MR) is 79.1 cm³/mol. The quantitative estimate of drug-likeness (QED) is 0.743. The zero-order valence-corrected chi connectivity index (χ0v) is 12.7. The van der Waals surface area contributed by atoms with Crippen LogP contribution in [0.4, 0.5) is 0 Å². The van der Waals surface area contributed by atoms with Crippen LogP contribution in [0.15, 0.2) is 24.3 Å². The van der Waals surface area contributed by atoms with E-state index in [1.807, 2.05) is 24.3 Å². The van der Waals surface area contributed by atoms with E-state index in [-0.39, 0.29) is 19.3 Å². The Balaban J connectivity index is 1.88. The van der Waals surface area contributed by atoms with Crippen LogP contribution in [0.2, 0.25) is 0 Å². The molecule has 0 radical (unpaired) electrons. The molecule has 0 saturated carbocycles. The van der Waals surface area contributed by atoms with Crippen LogP contribution in [-0.4, -0.2) is 39.6 Å². The van der Waals surface area contributed by atoms with Gasteiger partial charge in [0.15, 0.2) is 0 Å². The molecule has 3 atom stereocenters. The number of hydrogen-bond donors (Lipinski definition) is 0. The van der Waals surface area contributed by atoms with E-state index in [9.17, 15) is 0 Å². The Labute approximate surface area is 121 Å². The van der Waals surface area contributed by atoms with Gasteiger partial charge in [0.2, 0.25) is 0 Å². The van der Waals surface area contributed by atoms with Crippen LogP contribution in [-0.2, 0) is 25.4 Å². The van der Waals surface area contributed by atoms with Crippen molar-refractivity contribution in [3.63, 3.8) is 0 Å². The molecule has 0 N–H and O–H groups in total. The molecule has 0 amide bonds. The van der Waals surface area contributed by atoms with E-state index < -0.39 is 0 Å². The summed E-state index contributed by atoms with van der Waals surface area (Å²) in [4.78, 5) is 0. The fourth-order valence-electron chi connectivity index (χ4n) is 2.57. The molecule has 1 aliphatic rings. The molecule has 1 aliphatic heterocycles. The number of benzene rings is 1. The zero-order chi connectivity index (χ0) is 14.5. The maximum absolute atomic E-state index is 5.94. The van der Waals surface area contributed by atoms with E-state index in [0.29, 0.717) is 12.7 Å². The summed E-state index contributed by atoms with van der Waals surface area (Å²) < 4.78 is 22.1. The zero-order valence-electron chi connectivity index (χ0n) is 12.7. The Morgan fingerprint density at radius 3 is 2.30 bits per heavy atom. The van der Waals surface area contributed by atoms with Gasteiger partial charge in [0.25, 0.3) is 0 Å². The lowest BCUT2D eigenvalue weighted by Gasteiger charge is -2.15. The Kier molecular flexibility index (Phi) is 5.60. The molecule has 0 spiro atoms. The molecule has 1 saturated heterocycles. The molecule has 0 aromatic heterocycles. The SMILES string of the molecule is COB(OC)c1ccc(CO[C@@H]2C[C@H](C)O[C@@H]2C)cc1. The monoisotopic (exact) mass is 278 g/mol. The van der Waals surface area contributed by atoms with Gasteiger partial charge in [-0.2, -0.15) is 0 Å². The highest BCUT2D eigenvalue weighted by atomic mass is 16.6. The van der Waals surface area contributed by atoms with Crippen LogP contribution in [0.1, 0.15) is 25.8 Å². The van der Waals surface area contributed by atoms with Crippen molar-refractivity contribution in [2.45, 2.75) is 45.2 Å². The first-order valence-electron chi connectivity index (χ1n) is 7.05. The highest BCUT2D eigenvalue weighted by Gasteiger charge is 2.30. The molecule has 1 fully saturated rings.